The quantitative estimate of drug-likeness (QED) is 0.436. The summed E-state index contributed by atoms with van der Waals surface area (Å²) in [4.78, 5) is 11.9. The van der Waals surface area contributed by atoms with Gasteiger partial charge in [0.05, 0.1) is 19.9 Å². The Kier molecular flexibility index (Phi) is 4.65. The van der Waals surface area contributed by atoms with Crippen molar-refractivity contribution in [1.29, 1.82) is 0 Å². The van der Waals surface area contributed by atoms with Gasteiger partial charge in [-0.05, 0) is 12.1 Å². The summed E-state index contributed by atoms with van der Waals surface area (Å²) in [7, 11) is 2.98. The zero-order valence-corrected chi connectivity index (χ0v) is 12.5. The number of nitrogens with one attached hydrogen (secondary N) is 2. The normalized spacial score (nSPS) is 10.0. The van der Waals surface area contributed by atoms with Gasteiger partial charge in [-0.15, -0.1) is 0 Å². The number of anilines is 2. The summed E-state index contributed by atoms with van der Waals surface area (Å²) < 4.78 is 10.2. The Bertz CT molecular complexity index is 709. The lowest BCUT2D eigenvalue weighted by molar-refractivity contribution is 0.262. The third kappa shape index (κ3) is 3.67. The zero-order valence-electron chi connectivity index (χ0n) is 12.5. The molecule has 2 aromatic carbocycles. The maximum atomic E-state index is 11.9. The Hall–Kier alpha value is -3.29. The van der Waals surface area contributed by atoms with Gasteiger partial charge in [-0.3, -0.25) is 0 Å². The third-order valence-corrected chi connectivity index (χ3v) is 2.97. The van der Waals surface area contributed by atoms with Crippen LogP contribution in [0.25, 0.3) is 0 Å². The Balaban J connectivity index is 2.11. The number of urea groups is 1. The summed E-state index contributed by atoms with van der Waals surface area (Å²) in [5.74, 6) is -0.786. The van der Waals surface area contributed by atoms with Crippen molar-refractivity contribution >= 4 is 17.4 Å². The van der Waals surface area contributed by atoms with Crippen LogP contribution in [-0.4, -0.2) is 35.6 Å². The van der Waals surface area contributed by atoms with Gasteiger partial charge in [-0.1, -0.05) is 0 Å². The highest BCUT2D eigenvalue weighted by atomic mass is 16.5. The Labute approximate surface area is 131 Å². The first-order chi connectivity index (χ1) is 10.9. The first-order valence-electron chi connectivity index (χ1n) is 6.49. The van der Waals surface area contributed by atoms with Crippen molar-refractivity contribution < 1.29 is 29.6 Å². The minimum atomic E-state index is -0.657. The van der Waals surface area contributed by atoms with E-state index >= 15 is 0 Å². The molecule has 5 N–H and O–H groups in total. The Morgan fingerprint density at radius 3 is 2.00 bits per heavy atom. The second-order valence-corrected chi connectivity index (χ2v) is 4.51. The molecule has 0 aliphatic rings. The fourth-order valence-electron chi connectivity index (χ4n) is 1.88. The first kappa shape index (κ1) is 16.1. The average molecular weight is 320 g/mol. The van der Waals surface area contributed by atoms with E-state index in [1.54, 1.807) is 18.2 Å². The number of rotatable bonds is 4. The van der Waals surface area contributed by atoms with Crippen molar-refractivity contribution in [3.8, 4) is 28.7 Å². The molecular formula is C15H16N2O6. The molecule has 0 aliphatic heterocycles. The van der Waals surface area contributed by atoms with Crippen LogP contribution in [0.2, 0.25) is 0 Å². The van der Waals surface area contributed by atoms with Crippen molar-refractivity contribution in [3.05, 3.63) is 30.3 Å². The van der Waals surface area contributed by atoms with Crippen LogP contribution in [0.3, 0.4) is 0 Å². The second kappa shape index (κ2) is 6.65. The minimum Gasteiger partial charge on any atom is -0.504 e. The average Bonchev–Trinajstić information content (AvgIpc) is 2.52. The molecule has 0 saturated carbocycles. The number of aromatic hydroxyl groups is 3. The fraction of sp³-hybridized carbons (Fsp3) is 0.133. The highest BCUT2D eigenvalue weighted by Crippen LogP contribution is 2.37. The topological polar surface area (TPSA) is 120 Å². The number of carbonyl (C=O) groups excluding carboxylic acids is 1. The number of phenols is 3. The van der Waals surface area contributed by atoms with Gasteiger partial charge < -0.3 is 35.4 Å². The lowest BCUT2D eigenvalue weighted by Gasteiger charge is -2.12. The van der Waals surface area contributed by atoms with E-state index in [9.17, 15) is 20.1 Å². The predicted molar refractivity (Wildman–Crippen MR) is 83.6 cm³/mol. The van der Waals surface area contributed by atoms with Crippen molar-refractivity contribution in [3.63, 3.8) is 0 Å². The maximum Gasteiger partial charge on any atom is 0.323 e. The van der Waals surface area contributed by atoms with E-state index in [0.717, 1.165) is 12.1 Å². The predicted octanol–water partition coefficient (Wildman–Crippen LogP) is 2.46. The van der Waals surface area contributed by atoms with Crippen LogP contribution in [0.15, 0.2) is 30.3 Å². The van der Waals surface area contributed by atoms with E-state index in [4.69, 9.17) is 9.47 Å². The monoisotopic (exact) mass is 320 g/mol. The minimum absolute atomic E-state index is 0.107. The molecule has 0 aliphatic carbocycles. The number of carbonyl (C=O) groups is 1. The highest BCUT2D eigenvalue weighted by molar-refractivity contribution is 6.00. The number of benzene rings is 2. The number of amides is 2. The molecule has 2 rings (SSSR count). The molecule has 0 unspecified atom stereocenters. The van der Waals surface area contributed by atoms with E-state index in [1.807, 2.05) is 0 Å². The van der Waals surface area contributed by atoms with Crippen LogP contribution < -0.4 is 20.1 Å². The van der Waals surface area contributed by atoms with Crippen molar-refractivity contribution in [1.82, 2.24) is 0 Å². The molecule has 2 aromatic rings. The molecule has 0 atom stereocenters. The van der Waals surface area contributed by atoms with E-state index < -0.39 is 23.3 Å². The molecule has 23 heavy (non-hydrogen) atoms. The van der Waals surface area contributed by atoms with Gasteiger partial charge in [0.2, 0.25) is 0 Å². The summed E-state index contributed by atoms with van der Waals surface area (Å²) in [5, 5.41) is 33.0. The number of methoxy groups -OCH3 is 2. The summed E-state index contributed by atoms with van der Waals surface area (Å²) >= 11 is 0. The van der Waals surface area contributed by atoms with Gasteiger partial charge in [0.25, 0.3) is 0 Å². The Morgan fingerprint density at radius 2 is 1.43 bits per heavy atom. The number of hydrogen-bond acceptors (Lipinski definition) is 6. The molecule has 0 aromatic heterocycles. The van der Waals surface area contributed by atoms with E-state index in [2.05, 4.69) is 10.6 Å². The van der Waals surface area contributed by atoms with Crippen LogP contribution in [0, 0.1) is 0 Å². The van der Waals surface area contributed by atoms with Crippen molar-refractivity contribution in [2.24, 2.45) is 0 Å². The molecule has 0 saturated heterocycles. The van der Waals surface area contributed by atoms with Crippen molar-refractivity contribution in [2.45, 2.75) is 0 Å². The summed E-state index contributed by atoms with van der Waals surface area (Å²) in [6, 6.07) is 6.41. The molecular weight excluding hydrogens is 304 g/mol. The standard InChI is InChI=1S/C15H16N2O6/c1-22-12-4-3-8(7-13(12)23-2)16-15(21)17-9-5-10(18)14(20)11(19)6-9/h3-7,18-20H,1-2H3,(H2,16,17,21). The maximum absolute atomic E-state index is 11.9. The molecule has 8 nitrogen and oxygen atoms in total. The smallest absolute Gasteiger partial charge is 0.323 e. The molecule has 0 radical (unpaired) electrons. The van der Waals surface area contributed by atoms with Crippen LogP contribution in [-0.2, 0) is 0 Å². The van der Waals surface area contributed by atoms with Gasteiger partial charge in [0.15, 0.2) is 28.7 Å². The molecule has 122 valence electrons. The molecule has 0 spiro atoms. The van der Waals surface area contributed by atoms with E-state index in [-0.39, 0.29) is 5.69 Å². The lowest BCUT2D eigenvalue weighted by Crippen LogP contribution is -2.19. The van der Waals surface area contributed by atoms with Crippen molar-refractivity contribution in [2.75, 3.05) is 24.9 Å². The second-order valence-electron chi connectivity index (χ2n) is 4.51. The van der Waals surface area contributed by atoms with Crippen LogP contribution in [0.4, 0.5) is 16.2 Å². The van der Waals surface area contributed by atoms with Crippen LogP contribution in [0.1, 0.15) is 0 Å². The number of hydrogen-bond donors (Lipinski definition) is 5. The summed E-state index contributed by atoms with van der Waals surface area (Å²) in [5.41, 5.74) is 0.558. The van der Waals surface area contributed by atoms with E-state index in [1.165, 1.54) is 14.2 Å². The van der Waals surface area contributed by atoms with Gasteiger partial charge in [0.1, 0.15) is 0 Å². The molecule has 8 heteroatoms. The Morgan fingerprint density at radius 1 is 0.870 bits per heavy atom. The molecule has 2 amide bonds. The summed E-state index contributed by atoms with van der Waals surface area (Å²) in [6.07, 6.45) is 0. The summed E-state index contributed by atoms with van der Waals surface area (Å²) in [6.45, 7) is 0. The van der Waals surface area contributed by atoms with Gasteiger partial charge in [-0.25, -0.2) is 4.79 Å². The first-order valence-corrected chi connectivity index (χ1v) is 6.49. The van der Waals surface area contributed by atoms with E-state index in [0.29, 0.717) is 17.2 Å². The highest BCUT2D eigenvalue weighted by Gasteiger charge is 2.11. The molecule has 0 heterocycles. The SMILES string of the molecule is COc1ccc(NC(=O)Nc2cc(O)c(O)c(O)c2)cc1OC. The molecule has 0 bridgehead atoms. The zero-order chi connectivity index (χ0) is 17.0. The lowest BCUT2D eigenvalue weighted by atomic mass is 10.2. The third-order valence-electron chi connectivity index (χ3n) is 2.97. The van der Waals surface area contributed by atoms with Gasteiger partial charge in [-0.2, -0.15) is 0 Å². The van der Waals surface area contributed by atoms with Gasteiger partial charge >= 0.3 is 6.03 Å². The number of ether oxygens (including phenoxy) is 2. The van der Waals surface area contributed by atoms with Crippen LogP contribution >= 0.6 is 0 Å². The largest absolute Gasteiger partial charge is 0.504 e. The van der Waals surface area contributed by atoms with Gasteiger partial charge in [0, 0.05) is 23.9 Å². The molecule has 0 fully saturated rings. The number of phenolic OH excluding ortho intramolecular Hbond substituents is 3. The fourth-order valence-corrected chi connectivity index (χ4v) is 1.88. The van der Waals surface area contributed by atoms with Crippen LogP contribution in [0.5, 0.6) is 28.7 Å².